The minimum absolute atomic E-state index is 0.144. The van der Waals surface area contributed by atoms with Crippen LogP contribution in [0.2, 0.25) is 0 Å². The van der Waals surface area contributed by atoms with Crippen molar-refractivity contribution in [3.05, 3.63) is 71.0 Å². The van der Waals surface area contributed by atoms with Crippen LogP contribution in [0.5, 0.6) is 5.75 Å². The zero-order chi connectivity index (χ0) is 26.8. The number of carbonyl (C=O) groups is 1. The standard InChI is InChI=1S/C29H33N7O2/c1-18-8-6-7-9-21(18)27-25-23(34-36(27)4)13-11-20-17-31-29(33-26(20)25)32-22-12-10-19(16-24(22)38-5)28(37)30-14-15-35(2)3/h6-10,12,16-17H,11,13-15H2,1-5H3,(H,30,37)(H,31,32,33). The fraction of sp³-hybridized carbons (Fsp3) is 0.310. The lowest BCUT2D eigenvalue weighted by atomic mass is 9.90. The number of benzene rings is 2. The molecule has 2 heterocycles. The van der Waals surface area contributed by atoms with Crippen molar-refractivity contribution in [3.8, 4) is 28.3 Å². The number of carbonyl (C=O) groups excluding carboxylic acids is 1. The van der Waals surface area contributed by atoms with E-state index in [1.165, 1.54) is 5.56 Å². The van der Waals surface area contributed by atoms with Crippen molar-refractivity contribution in [2.45, 2.75) is 19.8 Å². The molecule has 5 rings (SSSR count). The summed E-state index contributed by atoms with van der Waals surface area (Å²) >= 11 is 0. The van der Waals surface area contributed by atoms with Gasteiger partial charge in [0.1, 0.15) is 5.75 Å². The van der Waals surface area contributed by atoms with Gasteiger partial charge in [0.15, 0.2) is 0 Å². The minimum atomic E-state index is -0.144. The Kier molecular flexibility index (Phi) is 7.11. The third-order valence-electron chi connectivity index (χ3n) is 6.81. The lowest BCUT2D eigenvalue weighted by Crippen LogP contribution is -2.31. The minimum Gasteiger partial charge on any atom is -0.495 e. The lowest BCUT2D eigenvalue weighted by molar-refractivity contribution is 0.0950. The highest BCUT2D eigenvalue weighted by atomic mass is 16.5. The first-order chi connectivity index (χ1) is 18.4. The third kappa shape index (κ3) is 4.97. The number of nitrogens with zero attached hydrogens (tertiary/aromatic N) is 5. The monoisotopic (exact) mass is 511 g/mol. The number of hydrogen-bond donors (Lipinski definition) is 2. The van der Waals surface area contributed by atoms with Crippen molar-refractivity contribution < 1.29 is 9.53 Å². The van der Waals surface area contributed by atoms with Crippen molar-refractivity contribution >= 4 is 17.5 Å². The molecule has 0 saturated carbocycles. The predicted molar refractivity (Wildman–Crippen MR) is 149 cm³/mol. The van der Waals surface area contributed by atoms with Crippen LogP contribution < -0.4 is 15.4 Å². The van der Waals surface area contributed by atoms with Crippen LogP contribution in [0, 0.1) is 6.92 Å². The van der Waals surface area contributed by atoms with Gasteiger partial charge in [0.25, 0.3) is 5.91 Å². The highest BCUT2D eigenvalue weighted by Gasteiger charge is 2.27. The third-order valence-corrected chi connectivity index (χ3v) is 6.81. The molecule has 0 saturated heterocycles. The Morgan fingerprint density at radius 2 is 1.97 bits per heavy atom. The van der Waals surface area contributed by atoms with Gasteiger partial charge in [-0.15, -0.1) is 0 Å². The van der Waals surface area contributed by atoms with Crippen LogP contribution in [0.25, 0.3) is 22.5 Å². The Morgan fingerprint density at radius 1 is 1.16 bits per heavy atom. The van der Waals surface area contributed by atoms with Crippen molar-refractivity contribution in [2.75, 3.05) is 39.6 Å². The maximum Gasteiger partial charge on any atom is 0.251 e. The Bertz CT molecular complexity index is 1490. The quantitative estimate of drug-likeness (QED) is 0.369. The predicted octanol–water partition coefficient (Wildman–Crippen LogP) is 3.99. The molecule has 1 aliphatic rings. The summed E-state index contributed by atoms with van der Waals surface area (Å²) in [7, 11) is 7.51. The molecule has 1 aliphatic carbocycles. The summed E-state index contributed by atoms with van der Waals surface area (Å²) in [6, 6.07) is 13.7. The van der Waals surface area contributed by atoms with E-state index >= 15 is 0 Å². The van der Waals surface area contributed by atoms with Gasteiger partial charge in [0.05, 0.1) is 29.9 Å². The van der Waals surface area contributed by atoms with E-state index in [4.69, 9.17) is 14.8 Å². The second-order valence-corrected chi connectivity index (χ2v) is 9.78. The number of ether oxygens (including phenoxy) is 1. The van der Waals surface area contributed by atoms with E-state index < -0.39 is 0 Å². The average molecular weight is 512 g/mol. The van der Waals surface area contributed by atoms with E-state index in [1.807, 2.05) is 49.1 Å². The van der Waals surface area contributed by atoms with E-state index in [1.54, 1.807) is 19.2 Å². The molecule has 1 amide bonds. The molecule has 0 bridgehead atoms. The molecular formula is C29H33N7O2. The van der Waals surface area contributed by atoms with Crippen molar-refractivity contribution in [2.24, 2.45) is 7.05 Å². The highest BCUT2D eigenvalue weighted by molar-refractivity contribution is 5.95. The zero-order valence-electron chi connectivity index (χ0n) is 22.5. The van der Waals surface area contributed by atoms with Crippen molar-refractivity contribution in [1.82, 2.24) is 30.0 Å². The van der Waals surface area contributed by atoms with Gasteiger partial charge in [-0.25, -0.2) is 9.97 Å². The summed E-state index contributed by atoms with van der Waals surface area (Å²) in [5.41, 5.74) is 8.70. The number of hydrogen-bond acceptors (Lipinski definition) is 7. The van der Waals surface area contributed by atoms with Crippen LogP contribution >= 0.6 is 0 Å². The summed E-state index contributed by atoms with van der Waals surface area (Å²) in [6.07, 6.45) is 3.58. The number of fused-ring (bicyclic) bond motifs is 3. The van der Waals surface area contributed by atoms with Crippen LogP contribution in [-0.4, -0.2) is 64.9 Å². The van der Waals surface area contributed by atoms with Gasteiger partial charge in [0.2, 0.25) is 5.95 Å². The number of aromatic nitrogens is 4. The first-order valence-corrected chi connectivity index (χ1v) is 12.7. The lowest BCUT2D eigenvalue weighted by Gasteiger charge is -2.18. The molecule has 4 aromatic rings. The average Bonchev–Trinajstić information content (AvgIpc) is 3.25. The first kappa shape index (κ1) is 25.4. The topological polar surface area (TPSA) is 97.2 Å². The van der Waals surface area contributed by atoms with E-state index in [9.17, 15) is 4.79 Å². The van der Waals surface area contributed by atoms with Crippen molar-refractivity contribution in [3.63, 3.8) is 0 Å². The van der Waals surface area contributed by atoms with Crippen LogP contribution in [-0.2, 0) is 19.9 Å². The summed E-state index contributed by atoms with van der Waals surface area (Å²) in [5.74, 6) is 0.849. The number of likely N-dealkylation sites (N-methyl/N-ethyl adjacent to an activating group) is 1. The molecule has 2 aromatic carbocycles. The smallest absolute Gasteiger partial charge is 0.251 e. The maximum absolute atomic E-state index is 12.6. The molecule has 38 heavy (non-hydrogen) atoms. The molecule has 9 heteroatoms. The van der Waals surface area contributed by atoms with Gasteiger partial charge in [-0.2, -0.15) is 5.10 Å². The van der Waals surface area contributed by atoms with Gasteiger partial charge in [-0.1, -0.05) is 24.3 Å². The Labute approximate surface area is 222 Å². The number of nitrogens with one attached hydrogen (secondary N) is 2. The zero-order valence-corrected chi connectivity index (χ0v) is 22.5. The van der Waals surface area contributed by atoms with Gasteiger partial charge in [-0.05, 0) is 63.2 Å². The van der Waals surface area contributed by atoms with Crippen LogP contribution in [0.3, 0.4) is 0 Å². The normalized spacial score (nSPS) is 12.2. The summed E-state index contributed by atoms with van der Waals surface area (Å²) < 4.78 is 7.55. The molecule has 9 nitrogen and oxygen atoms in total. The molecule has 0 atom stereocenters. The van der Waals surface area contributed by atoms with E-state index in [-0.39, 0.29) is 5.91 Å². The summed E-state index contributed by atoms with van der Waals surface area (Å²) in [4.78, 5) is 24.1. The largest absolute Gasteiger partial charge is 0.495 e. The number of aryl methyl sites for hydroxylation is 4. The highest BCUT2D eigenvalue weighted by Crippen LogP contribution is 2.40. The van der Waals surface area contributed by atoms with Crippen LogP contribution in [0.4, 0.5) is 11.6 Å². The van der Waals surface area contributed by atoms with E-state index in [2.05, 4.69) is 40.7 Å². The van der Waals surface area contributed by atoms with Gasteiger partial charge < -0.3 is 20.3 Å². The Morgan fingerprint density at radius 3 is 2.74 bits per heavy atom. The molecule has 0 radical (unpaired) electrons. The van der Waals surface area contributed by atoms with Gasteiger partial charge in [0, 0.05) is 43.0 Å². The molecule has 0 fully saturated rings. The number of anilines is 2. The van der Waals surface area contributed by atoms with E-state index in [0.29, 0.717) is 29.5 Å². The fourth-order valence-electron chi connectivity index (χ4n) is 4.82. The van der Waals surface area contributed by atoms with E-state index in [0.717, 1.165) is 53.2 Å². The summed E-state index contributed by atoms with van der Waals surface area (Å²) in [5, 5.41) is 11.1. The van der Waals surface area contributed by atoms with Crippen molar-refractivity contribution in [1.29, 1.82) is 0 Å². The Hall–Kier alpha value is -4.24. The molecule has 2 N–H and O–H groups in total. The van der Waals surface area contributed by atoms with Crippen LogP contribution in [0.15, 0.2) is 48.7 Å². The molecule has 0 unspecified atom stereocenters. The number of rotatable bonds is 8. The molecule has 196 valence electrons. The number of methoxy groups -OCH3 is 1. The van der Waals surface area contributed by atoms with Crippen LogP contribution in [0.1, 0.15) is 27.2 Å². The second-order valence-electron chi connectivity index (χ2n) is 9.78. The second kappa shape index (κ2) is 10.6. The summed E-state index contributed by atoms with van der Waals surface area (Å²) in [6.45, 7) is 3.45. The SMILES string of the molecule is COc1cc(C(=O)NCCN(C)C)ccc1Nc1ncc2c(n1)-c1c(nn(C)c1-c1ccccc1C)CC2. The molecular weight excluding hydrogens is 478 g/mol. The molecule has 0 spiro atoms. The molecule has 0 aliphatic heterocycles. The Balaban J connectivity index is 1.46. The number of amides is 1. The maximum atomic E-state index is 12.6. The molecule has 2 aromatic heterocycles. The van der Waals surface area contributed by atoms with Gasteiger partial charge in [-0.3, -0.25) is 9.48 Å². The fourth-order valence-corrected chi connectivity index (χ4v) is 4.82. The van der Waals surface area contributed by atoms with Gasteiger partial charge >= 0.3 is 0 Å². The first-order valence-electron chi connectivity index (χ1n) is 12.7.